The number of carbonyl (C=O) groups excluding carboxylic acids is 2. The van der Waals surface area contributed by atoms with Crippen LogP contribution in [0.2, 0.25) is 0 Å². The summed E-state index contributed by atoms with van der Waals surface area (Å²) < 4.78 is 14.8. The molecule has 0 aliphatic carbocycles. The second-order valence-electron chi connectivity index (χ2n) is 3.89. The molecule has 0 atom stereocenters. The van der Waals surface area contributed by atoms with Crippen LogP contribution in [0.25, 0.3) is 0 Å². The SMILES string of the molecule is CCOC(=O)c1cccc(NC(=O)COCCOC)c1. The van der Waals surface area contributed by atoms with Crippen molar-refractivity contribution in [2.24, 2.45) is 0 Å². The summed E-state index contributed by atoms with van der Waals surface area (Å²) in [6.45, 7) is 2.77. The minimum absolute atomic E-state index is 0.0625. The molecule has 0 aromatic heterocycles. The molecule has 1 N–H and O–H groups in total. The Hall–Kier alpha value is -1.92. The van der Waals surface area contributed by atoms with E-state index in [1.807, 2.05) is 0 Å². The summed E-state index contributed by atoms with van der Waals surface area (Å²) in [5, 5.41) is 2.64. The van der Waals surface area contributed by atoms with Crippen LogP contribution >= 0.6 is 0 Å². The molecular weight excluding hydrogens is 262 g/mol. The zero-order valence-electron chi connectivity index (χ0n) is 11.7. The topological polar surface area (TPSA) is 73.9 Å². The van der Waals surface area contributed by atoms with Crippen molar-refractivity contribution in [2.75, 3.05) is 38.9 Å². The van der Waals surface area contributed by atoms with Crippen LogP contribution in [-0.2, 0) is 19.0 Å². The summed E-state index contributed by atoms with van der Waals surface area (Å²) in [7, 11) is 1.56. The average molecular weight is 281 g/mol. The minimum atomic E-state index is -0.417. The molecule has 0 saturated heterocycles. The number of nitrogens with one attached hydrogen (secondary N) is 1. The number of benzene rings is 1. The van der Waals surface area contributed by atoms with Crippen LogP contribution in [0.5, 0.6) is 0 Å². The van der Waals surface area contributed by atoms with E-state index in [9.17, 15) is 9.59 Å². The number of amides is 1. The van der Waals surface area contributed by atoms with Gasteiger partial charge in [-0.1, -0.05) is 6.07 Å². The third-order valence-corrected chi connectivity index (χ3v) is 2.32. The van der Waals surface area contributed by atoms with Gasteiger partial charge in [0.1, 0.15) is 6.61 Å². The number of rotatable bonds is 8. The summed E-state index contributed by atoms with van der Waals surface area (Å²) >= 11 is 0. The van der Waals surface area contributed by atoms with E-state index >= 15 is 0 Å². The van der Waals surface area contributed by atoms with E-state index in [4.69, 9.17) is 14.2 Å². The molecular formula is C14H19NO5. The van der Waals surface area contributed by atoms with E-state index in [2.05, 4.69) is 5.32 Å². The fraction of sp³-hybridized carbons (Fsp3) is 0.429. The summed E-state index contributed by atoms with van der Waals surface area (Å²) in [4.78, 5) is 23.1. The van der Waals surface area contributed by atoms with E-state index in [1.165, 1.54) is 0 Å². The number of esters is 1. The van der Waals surface area contributed by atoms with Crippen LogP contribution in [-0.4, -0.2) is 45.4 Å². The van der Waals surface area contributed by atoms with Crippen LogP contribution in [0.15, 0.2) is 24.3 Å². The van der Waals surface area contributed by atoms with Crippen LogP contribution in [0.4, 0.5) is 5.69 Å². The molecule has 1 amide bonds. The molecule has 0 aliphatic heterocycles. The summed E-state index contributed by atoms with van der Waals surface area (Å²) in [5.41, 5.74) is 0.917. The Morgan fingerprint density at radius 1 is 1.25 bits per heavy atom. The second-order valence-corrected chi connectivity index (χ2v) is 3.89. The number of methoxy groups -OCH3 is 1. The lowest BCUT2D eigenvalue weighted by molar-refractivity contribution is -0.121. The third-order valence-electron chi connectivity index (χ3n) is 2.32. The van der Waals surface area contributed by atoms with E-state index in [0.717, 1.165) is 0 Å². The quantitative estimate of drug-likeness (QED) is 0.577. The Labute approximate surface area is 118 Å². The van der Waals surface area contributed by atoms with Crippen molar-refractivity contribution >= 4 is 17.6 Å². The lowest BCUT2D eigenvalue weighted by Gasteiger charge is -2.07. The van der Waals surface area contributed by atoms with Crippen molar-refractivity contribution in [1.82, 2.24) is 0 Å². The molecule has 0 heterocycles. The van der Waals surface area contributed by atoms with Crippen molar-refractivity contribution in [1.29, 1.82) is 0 Å². The van der Waals surface area contributed by atoms with Crippen molar-refractivity contribution in [3.63, 3.8) is 0 Å². The van der Waals surface area contributed by atoms with Gasteiger partial charge in [-0.05, 0) is 25.1 Å². The number of hydrogen-bond acceptors (Lipinski definition) is 5. The van der Waals surface area contributed by atoms with E-state index < -0.39 is 5.97 Å². The monoisotopic (exact) mass is 281 g/mol. The predicted octanol–water partition coefficient (Wildman–Crippen LogP) is 1.46. The standard InChI is InChI=1S/C14H19NO5/c1-3-20-14(17)11-5-4-6-12(9-11)15-13(16)10-19-8-7-18-2/h4-6,9H,3,7-8,10H2,1-2H3,(H,15,16). The molecule has 6 heteroatoms. The minimum Gasteiger partial charge on any atom is -0.462 e. The average Bonchev–Trinajstić information content (AvgIpc) is 2.44. The molecule has 0 spiro atoms. The summed E-state index contributed by atoms with van der Waals surface area (Å²) in [6.07, 6.45) is 0. The Morgan fingerprint density at radius 2 is 2.05 bits per heavy atom. The molecule has 0 radical (unpaired) electrons. The first-order valence-corrected chi connectivity index (χ1v) is 6.31. The lowest BCUT2D eigenvalue weighted by Crippen LogP contribution is -2.19. The number of hydrogen-bond donors (Lipinski definition) is 1. The van der Waals surface area contributed by atoms with E-state index in [0.29, 0.717) is 31.1 Å². The molecule has 1 aromatic rings. The molecule has 6 nitrogen and oxygen atoms in total. The molecule has 110 valence electrons. The zero-order valence-corrected chi connectivity index (χ0v) is 11.7. The van der Waals surface area contributed by atoms with Gasteiger partial charge in [0.05, 0.1) is 25.4 Å². The third kappa shape index (κ3) is 5.81. The van der Waals surface area contributed by atoms with Gasteiger partial charge in [0, 0.05) is 12.8 Å². The van der Waals surface area contributed by atoms with Gasteiger partial charge in [-0.25, -0.2) is 4.79 Å². The van der Waals surface area contributed by atoms with Gasteiger partial charge in [0.2, 0.25) is 5.91 Å². The molecule has 20 heavy (non-hydrogen) atoms. The van der Waals surface area contributed by atoms with Crippen LogP contribution < -0.4 is 5.32 Å². The first-order valence-electron chi connectivity index (χ1n) is 6.31. The molecule has 0 bridgehead atoms. The largest absolute Gasteiger partial charge is 0.462 e. The maximum Gasteiger partial charge on any atom is 0.338 e. The van der Waals surface area contributed by atoms with E-state index in [1.54, 1.807) is 38.3 Å². The van der Waals surface area contributed by atoms with Crippen LogP contribution in [0.1, 0.15) is 17.3 Å². The summed E-state index contributed by atoms with van der Waals surface area (Å²) in [6, 6.07) is 6.55. The molecule has 0 fully saturated rings. The van der Waals surface area contributed by atoms with Crippen molar-refractivity contribution in [2.45, 2.75) is 6.92 Å². The highest BCUT2D eigenvalue weighted by Gasteiger charge is 2.08. The first kappa shape index (κ1) is 16.1. The van der Waals surface area contributed by atoms with Gasteiger partial charge < -0.3 is 19.5 Å². The maximum atomic E-state index is 11.6. The zero-order chi connectivity index (χ0) is 14.8. The Bertz CT molecular complexity index is 447. The van der Waals surface area contributed by atoms with Gasteiger partial charge in [0.15, 0.2) is 0 Å². The Kier molecular flexibility index (Phi) is 7.31. The molecule has 1 rings (SSSR count). The molecule has 0 saturated carbocycles. The smallest absolute Gasteiger partial charge is 0.338 e. The molecule has 0 aliphatic rings. The van der Waals surface area contributed by atoms with Crippen molar-refractivity contribution < 1.29 is 23.8 Å². The van der Waals surface area contributed by atoms with Gasteiger partial charge >= 0.3 is 5.97 Å². The highest BCUT2D eigenvalue weighted by atomic mass is 16.5. The van der Waals surface area contributed by atoms with E-state index in [-0.39, 0.29) is 12.5 Å². The Morgan fingerprint density at radius 3 is 2.75 bits per heavy atom. The number of ether oxygens (including phenoxy) is 3. The van der Waals surface area contributed by atoms with Gasteiger partial charge in [-0.15, -0.1) is 0 Å². The van der Waals surface area contributed by atoms with Crippen molar-refractivity contribution in [3.8, 4) is 0 Å². The molecule has 1 aromatic carbocycles. The van der Waals surface area contributed by atoms with Crippen molar-refractivity contribution in [3.05, 3.63) is 29.8 Å². The fourth-order valence-corrected chi connectivity index (χ4v) is 1.44. The van der Waals surface area contributed by atoms with Crippen LogP contribution in [0, 0.1) is 0 Å². The Balaban J connectivity index is 2.49. The normalized spacial score (nSPS) is 10.1. The first-order chi connectivity index (χ1) is 9.67. The summed E-state index contributed by atoms with van der Waals surface area (Å²) in [5.74, 6) is -0.706. The fourth-order valence-electron chi connectivity index (χ4n) is 1.44. The predicted molar refractivity (Wildman–Crippen MR) is 73.7 cm³/mol. The van der Waals surface area contributed by atoms with Crippen LogP contribution in [0.3, 0.4) is 0 Å². The van der Waals surface area contributed by atoms with Gasteiger partial charge in [-0.2, -0.15) is 0 Å². The highest BCUT2D eigenvalue weighted by Crippen LogP contribution is 2.11. The number of anilines is 1. The highest BCUT2D eigenvalue weighted by molar-refractivity contribution is 5.95. The molecule has 0 unspecified atom stereocenters. The lowest BCUT2D eigenvalue weighted by atomic mass is 10.2. The maximum absolute atomic E-state index is 11.6. The number of carbonyl (C=O) groups is 2. The second kappa shape index (κ2) is 9.06. The van der Waals surface area contributed by atoms with Gasteiger partial charge in [0.25, 0.3) is 0 Å². The van der Waals surface area contributed by atoms with Gasteiger partial charge in [-0.3, -0.25) is 4.79 Å².